The van der Waals surface area contributed by atoms with Crippen LogP contribution in [0, 0.1) is 5.82 Å². The van der Waals surface area contributed by atoms with Crippen molar-refractivity contribution < 1.29 is 9.18 Å². The van der Waals surface area contributed by atoms with Crippen LogP contribution in [0.5, 0.6) is 0 Å². The lowest BCUT2D eigenvalue weighted by molar-refractivity contribution is -0.116. The van der Waals surface area contributed by atoms with E-state index in [4.69, 9.17) is 0 Å². The Morgan fingerprint density at radius 3 is 1.97 bits per heavy atom. The zero-order chi connectivity index (χ0) is 20.1. The quantitative estimate of drug-likeness (QED) is 0.810. The van der Waals surface area contributed by atoms with Gasteiger partial charge < -0.3 is 15.1 Å². The molecule has 2 fully saturated rings. The van der Waals surface area contributed by atoms with Gasteiger partial charge in [0, 0.05) is 69.3 Å². The fourth-order valence-electron chi connectivity index (χ4n) is 4.10. The van der Waals surface area contributed by atoms with Crippen molar-refractivity contribution >= 4 is 23.0 Å². The molecule has 0 unspecified atom stereocenters. The summed E-state index contributed by atoms with van der Waals surface area (Å²) < 4.78 is 13.1. The molecule has 1 N–H and O–H groups in total. The number of hydrogen-bond acceptors (Lipinski definition) is 4. The van der Waals surface area contributed by atoms with Gasteiger partial charge in [-0.3, -0.25) is 9.69 Å². The van der Waals surface area contributed by atoms with Crippen molar-refractivity contribution in [3.63, 3.8) is 0 Å². The predicted molar refractivity (Wildman–Crippen MR) is 116 cm³/mol. The number of carbonyl (C=O) groups excluding carboxylic acids is 1. The molecule has 5 nitrogen and oxygen atoms in total. The van der Waals surface area contributed by atoms with E-state index < -0.39 is 0 Å². The van der Waals surface area contributed by atoms with Gasteiger partial charge in [0.15, 0.2) is 0 Å². The number of carbonyl (C=O) groups is 1. The number of piperazine rings is 1. The maximum atomic E-state index is 13.1. The molecule has 2 aromatic rings. The third-order valence-corrected chi connectivity index (χ3v) is 5.84. The van der Waals surface area contributed by atoms with Crippen molar-refractivity contribution in [2.24, 2.45) is 0 Å². The van der Waals surface area contributed by atoms with E-state index >= 15 is 0 Å². The predicted octanol–water partition coefficient (Wildman–Crippen LogP) is 3.58. The third kappa shape index (κ3) is 5.26. The first-order valence-electron chi connectivity index (χ1n) is 10.6. The Morgan fingerprint density at radius 2 is 1.34 bits per heavy atom. The summed E-state index contributed by atoms with van der Waals surface area (Å²) in [7, 11) is 0. The highest BCUT2D eigenvalue weighted by Crippen LogP contribution is 2.22. The van der Waals surface area contributed by atoms with Crippen molar-refractivity contribution in [2.75, 3.05) is 60.9 Å². The Morgan fingerprint density at radius 1 is 0.793 bits per heavy atom. The van der Waals surface area contributed by atoms with Crippen LogP contribution in [0.4, 0.5) is 21.5 Å². The molecule has 4 rings (SSSR count). The van der Waals surface area contributed by atoms with Crippen LogP contribution in [0.1, 0.15) is 19.3 Å². The van der Waals surface area contributed by atoms with Crippen LogP contribution in [0.15, 0.2) is 48.5 Å². The van der Waals surface area contributed by atoms with E-state index in [1.165, 1.54) is 30.7 Å². The fraction of sp³-hybridized carbons (Fsp3) is 0.435. The highest BCUT2D eigenvalue weighted by Gasteiger charge is 2.18. The number of hydrogen-bond donors (Lipinski definition) is 1. The molecular weight excluding hydrogens is 367 g/mol. The topological polar surface area (TPSA) is 38.8 Å². The lowest BCUT2D eigenvalue weighted by Gasteiger charge is -2.36. The molecule has 0 atom stereocenters. The van der Waals surface area contributed by atoms with Gasteiger partial charge in [0.05, 0.1) is 0 Å². The summed E-state index contributed by atoms with van der Waals surface area (Å²) in [6.45, 7) is 6.62. The Kier molecular flexibility index (Phi) is 6.30. The fourth-order valence-corrected chi connectivity index (χ4v) is 4.10. The monoisotopic (exact) mass is 396 g/mol. The van der Waals surface area contributed by atoms with E-state index in [2.05, 4.69) is 32.1 Å². The number of anilines is 3. The van der Waals surface area contributed by atoms with Crippen LogP contribution in [-0.4, -0.2) is 56.6 Å². The van der Waals surface area contributed by atoms with Crippen LogP contribution >= 0.6 is 0 Å². The second-order valence-corrected chi connectivity index (χ2v) is 7.84. The summed E-state index contributed by atoms with van der Waals surface area (Å²) in [6, 6.07) is 14.8. The van der Waals surface area contributed by atoms with E-state index in [0.717, 1.165) is 57.2 Å². The number of rotatable bonds is 6. The van der Waals surface area contributed by atoms with Crippen LogP contribution in [0.2, 0.25) is 0 Å². The third-order valence-electron chi connectivity index (χ3n) is 5.84. The second-order valence-electron chi connectivity index (χ2n) is 7.84. The molecule has 0 spiro atoms. The number of halogens is 1. The first kappa shape index (κ1) is 19.7. The van der Waals surface area contributed by atoms with Crippen LogP contribution in [0.25, 0.3) is 0 Å². The minimum atomic E-state index is -0.205. The molecule has 0 aromatic heterocycles. The number of nitrogens with one attached hydrogen (secondary N) is 1. The normalized spacial score (nSPS) is 17.6. The molecule has 29 heavy (non-hydrogen) atoms. The largest absolute Gasteiger partial charge is 0.372 e. The van der Waals surface area contributed by atoms with Crippen molar-refractivity contribution in [3.05, 3.63) is 54.3 Å². The van der Waals surface area contributed by atoms with E-state index in [1.54, 1.807) is 0 Å². The van der Waals surface area contributed by atoms with Crippen molar-refractivity contribution in [1.82, 2.24) is 4.90 Å². The molecule has 2 aliphatic rings. The summed E-state index contributed by atoms with van der Waals surface area (Å²) in [5.74, 6) is -0.149. The molecule has 2 aliphatic heterocycles. The molecule has 1 amide bonds. The lowest BCUT2D eigenvalue weighted by atomic mass is 10.2. The first-order valence-corrected chi connectivity index (χ1v) is 10.6. The van der Waals surface area contributed by atoms with Gasteiger partial charge in [-0.05, 0) is 61.4 Å². The average Bonchev–Trinajstić information content (AvgIpc) is 3.29. The summed E-state index contributed by atoms with van der Waals surface area (Å²) >= 11 is 0. The molecule has 0 aliphatic carbocycles. The SMILES string of the molecule is O=C(CCN1CCN(c2ccc(F)cc2)CC1)Nc1ccc(N2CCCC2)cc1. The summed E-state index contributed by atoms with van der Waals surface area (Å²) in [4.78, 5) is 19.3. The van der Waals surface area contributed by atoms with Gasteiger partial charge in [-0.25, -0.2) is 4.39 Å². The van der Waals surface area contributed by atoms with E-state index in [9.17, 15) is 9.18 Å². The van der Waals surface area contributed by atoms with Gasteiger partial charge in [0.1, 0.15) is 5.82 Å². The highest BCUT2D eigenvalue weighted by atomic mass is 19.1. The molecule has 2 saturated heterocycles. The van der Waals surface area contributed by atoms with Crippen molar-refractivity contribution in [2.45, 2.75) is 19.3 Å². The molecule has 2 heterocycles. The zero-order valence-electron chi connectivity index (χ0n) is 16.8. The van der Waals surface area contributed by atoms with Crippen molar-refractivity contribution in [1.29, 1.82) is 0 Å². The molecule has 0 saturated carbocycles. The van der Waals surface area contributed by atoms with Gasteiger partial charge in [-0.15, -0.1) is 0 Å². The minimum absolute atomic E-state index is 0.0555. The first-order chi connectivity index (χ1) is 14.2. The van der Waals surface area contributed by atoms with Gasteiger partial charge >= 0.3 is 0 Å². The molecule has 154 valence electrons. The number of benzene rings is 2. The Hall–Kier alpha value is -2.60. The van der Waals surface area contributed by atoms with Gasteiger partial charge in [0.25, 0.3) is 0 Å². The Labute approximate surface area is 172 Å². The molecule has 2 aromatic carbocycles. The molecular formula is C23H29FN4O. The summed E-state index contributed by atoms with van der Waals surface area (Å²) in [5.41, 5.74) is 3.15. The van der Waals surface area contributed by atoms with Crippen molar-refractivity contribution in [3.8, 4) is 0 Å². The smallest absolute Gasteiger partial charge is 0.225 e. The van der Waals surface area contributed by atoms with Crippen LogP contribution < -0.4 is 15.1 Å². The maximum Gasteiger partial charge on any atom is 0.225 e. The zero-order valence-corrected chi connectivity index (χ0v) is 16.8. The lowest BCUT2D eigenvalue weighted by Crippen LogP contribution is -2.47. The van der Waals surface area contributed by atoms with E-state index in [1.807, 2.05) is 24.3 Å². The maximum absolute atomic E-state index is 13.1. The number of nitrogens with zero attached hydrogens (tertiary/aromatic N) is 3. The van der Waals surface area contributed by atoms with Gasteiger partial charge in [-0.2, -0.15) is 0 Å². The average molecular weight is 397 g/mol. The second kappa shape index (κ2) is 9.27. The molecule has 0 bridgehead atoms. The van der Waals surface area contributed by atoms with Gasteiger partial charge in [0.2, 0.25) is 5.91 Å². The van der Waals surface area contributed by atoms with Crippen LogP contribution in [-0.2, 0) is 4.79 Å². The molecule has 0 radical (unpaired) electrons. The minimum Gasteiger partial charge on any atom is -0.372 e. The van der Waals surface area contributed by atoms with Crippen LogP contribution in [0.3, 0.4) is 0 Å². The number of amides is 1. The standard InChI is InChI=1S/C23H29FN4O/c24-19-3-7-21(8-4-19)28-17-15-26(16-18-28)14-11-23(29)25-20-5-9-22(10-6-20)27-12-1-2-13-27/h3-10H,1-2,11-18H2,(H,25,29). The van der Waals surface area contributed by atoms with E-state index in [-0.39, 0.29) is 11.7 Å². The summed E-state index contributed by atoms with van der Waals surface area (Å²) in [5, 5.41) is 3.01. The summed E-state index contributed by atoms with van der Waals surface area (Å²) in [6.07, 6.45) is 3.01. The van der Waals surface area contributed by atoms with Gasteiger partial charge in [-0.1, -0.05) is 0 Å². The Bertz CT molecular complexity index is 795. The Balaban J connectivity index is 1.18. The molecule has 6 heteroatoms. The highest BCUT2D eigenvalue weighted by molar-refractivity contribution is 5.91. The van der Waals surface area contributed by atoms with E-state index in [0.29, 0.717) is 6.42 Å².